The van der Waals surface area contributed by atoms with Gasteiger partial charge < -0.3 is 0 Å². The standard InChI is InChI=1S/C4Cl5F5/c5-1(6,3(7,8)9)2(10,11)4(12,13)14. The summed E-state index contributed by atoms with van der Waals surface area (Å²) in [6.45, 7) is 0. The van der Waals surface area contributed by atoms with Gasteiger partial charge in [-0.25, -0.2) is 0 Å². The summed E-state index contributed by atoms with van der Waals surface area (Å²) in [6.07, 6.45) is -6.01. The first kappa shape index (κ1) is 15.1. The Morgan fingerprint density at radius 3 is 1.00 bits per heavy atom. The highest BCUT2D eigenvalue weighted by Gasteiger charge is 2.75. The molecule has 0 saturated carbocycles. The van der Waals surface area contributed by atoms with Gasteiger partial charge in [0, 0.05) is 0 Å². The maximum Gasteiger partial charge on any atom is 0.456 e. The smallest absolute Gasteiger partial charge is 0.193 e. The van der Waals surface area contributed by atoms with Crippen LogP contribution in [0.4, 0.5) is 22.0 Å². The molecule has 0 aliphatic rings. The second-order valence-corrected chi connectivity index (χ2v) is 5.75. The molecule has 0 bridgehead atoms. The SMILES string of the molecule is FC(F)(F)C(F)(F)C(Cl)(Cl)C(Cl)(Cl)Cl. The molecule has 0 aromatic carbocycles. The van der Waals surface area contributed by atoms with Crippen molar-refractivity contribution in [3.8, 4) is 0 Å². The maximum atomic E-state index is 12.6. The van der Waals surface area contributed by atoms with E-state index in [-0.39, 0.29) is 0 Å². The molecule has 0 atom stereocenters. The van der Waals surface area contributed by atoms with Crippen LogP contribution in [-0.4, -0.2) is 20.2 Å². The minimum absolute atomic E-state index is 3.19. The highest BCUT2D eigenvalue weighted by molar-refractivity contribution is 6.75. The second kappa shape index (κ2) is 3.84. The van der Waals surface area contributed by atoms with E-state index in [2.05, 4.69) is 23.2 Å². The topological polar surface area (TPSA) is 0 Å². The van der Waals surface area contributed by atoms with Gasteiger partial charge in [-0.2, -0.15) is 22.0 Å². The van der Waals surface area contributed by atoms with Crippen molar-refractivity contribution in [1.29, 1.82) is 0 Å². The van der Waals surface area contributed by atoms with Crippen LogP contribution in [-0.2, 0) is 0 Å². The number of hydrogen-bond acceptors (Lipinski definition) is 0. The number of alkyl halides is 10. The average Bonchev–Trinajstić information content (AvgIpc) is 1.81. The molecule has 0 fully saturated rings. The van der Waals surface area contributed by atoms with Crippen LogP contribution in [0.25, 0.3) is 0 Å². The van der Waals surface area contributed by atoms with E-state index >= 15 is 0 Å². The predicted octanol–water partition coefficient (Wildman–Crippen LogP) is 4.73. The van der Waals surface area contributed by atoms with Crippen LogP contribution >= 0.6 is 58.0 Å². The van der Waals surface area contributed by atoms with Gasteiger partial charge in [-0.15, -0.1) is 0 Å². The van der Waals surface area contributed by atoms with Gasteiger partial charge in [0.25, 0.3) is 0 Å². The Labute approximate surface area is 100 Å². The molecule has 0 rings (SSSR count). The summed E-state index contributed by atoms with van der Waals surface area (Å²) in [7, 11) is 0. The third-order valence-electron chi connectivity index (χ3n) is 1.11. The summed E-state index contributed by atoms with van der Waals surface area (Å²) >= 11 is 23.8. The molecule has 0 heterocycles. The molecule has 0 aromatic rings. The van der Waals surface area contributed by atoms with Crippen molar-refractivity contribution in [2.75, 3.05) is 0 Å². The van der Waals surface area contributed by atoms with E-state index in [1.54, 1.807) is 0 Å². The zero-order valence-corrected chi connectivity index (χ0v) is 9.56. The van der Waals surface area contributed by atoms with Crippen LogP contribution in [0, 0.1) is 0 Å². The van der Waals surface area contributed by atoms with Gasteiger partial charge in [0.15, 0.2) is 0 Å². The summed E-state index contributed by atoms with van der Waals surface area (Å²) in [5.41, 5.74) is 0. The van der Waals surface area contributed by atoms with Crippen LogP contribution in [0.5, 0.6) is 0 Å². The van der Waals surface area contributed by atoms with Crippen LogP contribution in [0.2, 0.25) is 0 Å². The summed E-state index contributed by atoms with van der Waals surface area (Å²) in [4.78, 5) is 0. The highest BCUT2D eigenvalue weighted by Crippen LogP contribution is 2.58. The predicted molar refractivity (Wildman–Crippen MR) is 45.7 cm³/mol. The van der Waals surface area contributed by atoms with Crippen LogP contribution < -0.4 is 0 Å². The third-order valence-corrected chi connectivity index (χ3v) is 3.58. The Hall–Kier alpha value is 1.10. The zero-order valence-electron chi connectivity index (χ0n) is 5.78. The van der Waals surface area contributed by atoms with Gasteiger partial charge in [0.2, 0.25) is 8.13 Å². The lowest BCUT2D eigenvalue weighted by molar-refractivity contribution is -0.286. The van der Waals surface area contributed by atoms with Gasteiger partial charge in [0.05, 0.1) is 0 Å². The molecule has 0 unspecified atom stereocenters. The summed E-state index contributed by atoms with van der Waals surface area (Å²) in [5, 5.41) is 0. The summed E-state index contributed by atoms with van der Waals surface area (Å²) in [5.74, 6) is -5.55. The maximum absolute atomic E-state index is 12.6. The van der Waals surface area contributed by atoms with Gasteiger partial charge in [-0.1, -0.05) is 58.0 Å². The van der Waals surface area contributed by atoms with Crippen molar-refractivity contribution in [2.45, 2.75) is 20.2 Å². The highest BCUT2D eigenvalue weighted by atomic mass is 35.6. The molecular formula is C4Cl5F5. The minimum Gasteiger partial charge on any atom is -0.193 e. The first-order valence-electron chi connectivity index (χ1n) is 2.64. The quantitative estimate of drug-likeness (QED) is 0.484. The molecule has 0 saturated heterocycles. The van der Waals surface area contributed by atoms with Crippen molar-refractivity contribution < 1.29 is 22.0 Å². The van der Waals surface area contributed by atoms with E-state index in [4.69, 9.17) is 34.8 Å². The Bertz CT molecular complexity index is 191. The zero-order chi connectivity index (χ0) is 12.0. The normalized spacial score (nSPS) is 15.9. The molecule has 0 spiro atoms. The molecule has 10 heteroatoms. The molecule has 0 aliphatic heterocycles. The molecule has 14 heavy (non-hydrogen) atoms. The molecule has 0 radical (unpaired) electrons. The fourth-order valence-corrected chi connectivity index (χ4v) is 0.926. The molecule has 0 aliphatic carbocycles. The Morgan fingerprint density at radius 1 is 0.643 bits per heavy atom. The van der Waals surface area contributed by atoms with Gasteiger partial charge in [-0.05, 0) is 0 Å². The molecule has 0 N–H and O–H groups in total. The van der Waals surface area contributed by atoms with Gasteiger partial charge >= 0.3 is 12.1 Å². The van der Waals surface area contributed by atoms with Crippen LogP contribution in [0.15, 0.2) is 0 Å². The van der Waals surface area contributed by atoms with Crippen molar-refractivity contribution in [3.05, 3.63) is 0 Å². The van der Waals surface area contributed by atoms with E-state index < -0.39 is 20.2 Å². The monoisotopic (exact) mass is 318 g/mol. The first-order chi connectivity index (χ1) is 5.75. The minimum atomic E-state index is -6.01. The van der Waals surface area contributed by atoms with E-state index in [1.807, 2.05) is 0 Å². The second-order valence-electron chi connectivity index (χ2n) is 2.14. The Balaban J connectivity index is 5.30. The fraction of sp³-hybridized carbons (Fsp3) is 1.00. The number of hydrogen-bond donors (Lipinski definition) is 0. The molecular weight excluding hydrogens is 320 g/mol. The number of halogens is 10. The van der Waals surface area contributed by atoms with E-state index in [1.165, 1.54) is 0 Å². The van der Waals surface area contributed by atoms with Gasteiger partial charge in [-0.3, -0.25) is 0 Å². The van der Waals surface area contributed by atoms with E-state index in [0.29, 0.717) is 0 Å². The Kier molecular flexibility index (Phi) is 4.14. The third kappa shape index (κ3) is 2.43. The van der Waals surface area contributed by atoms with Crippen molar-refractivity contribution in [3.63, 3.8) is 0 Å². The fourth-order valence-electron chi connectivity index (χ4n) is 0.356. The summed E-state index contributed by atoms with van der Waals surface area (Å²) < 4.78 is 53.3. The molecule has 0 amide bonds. The van der Waals surface area contributed by atoms with Crippen molar-refractivity contribution >= 4 is 58.0 Å². The number of rotatable bonds is 1. The van der Waals surface area contributed by atoms with E-state index in [9.17, 15) is 22.0 Å². The van der Waals surface area contributed by atoms with Crippen molar-refractivity contribution in [2.24, 2.45) is 0 Å². The first-order valence-corrected chi connectivity index (χ1v) is 4.53. The average molecular weight is 320 g/mol. The molecule has 86 valence electrons. The van der Waals surface area contributed by atoms with Crippen molar-refractivity contribution in [1.82, 2.24) is 0 Å². The molecule has 0 aromatic heterocycles. The lowest BCUT2D eigenvalue weighted by Gasteiger charge is -2.35. The molecule has 0 nitrogen and oxygen atoms in total. The lowest BCUT2D eigenvalue weighted by atomic mass is 10.2. The van der Waals surface area contributed by atoms with Crippen LogP contribution in [0.1, 0.15) is 0 Å². The lowest BCUT2D eigenvalue weighted by Crippen LogP contribution is -2.56. The van der Waals surface area contributed by atoms with Gasteiger partial charge in [0.1, 0.15) is 0 Å². The van der Waals surface area contributed by atoms with E-state index in [0.717, 1.165) is 0 Å². The largest absolute Gasteiger partial charge is 0.456 e. The van der Waals surface area contributed by atoms with Crippen LogP contribution in [0.3, 0.4) is 0 Å². The Morgan fingerprint density at radius 2 is 0.929 bits per heavy atom. The summed E-state index contributed by atoms with van der Waals surface area (Å²) in [6, 6.07) is 0.